The lowest BCUT2D eigenvalue weighted by molar-refractivity contribution is -0.157. The molecule has 2 aliphatic rings. The zero-order valence-corrected chi connectivity index (χ0v) is 22.9. The van der Waals surface area contributed by atoms with E-state index in [-0.39, 0.29) is 61.0 Å². The summed E-state index contributed by atoms with van der Waals surface area (Å²) in [4.78, 5) is 11.7. The third-order valence-corrected chi connectivity index (χ3v) is 9.51. The number of anilines is 1. The van der Waals surface area contributed by atoms with Gasteiger partial charge in [0.2, 0.25) is 0 Å². The summed E-state index contributed by atoms with van der Waals surface area (Å²) in [6, 6.07) is 11.4. The minimum Gasteiger partial charge on any atom is -0.486 e. The smallest absolute Gasteiger partial charge is 0.416 e. The van der Waals surface area contributed by atoms with Gasteiger partial charge in [-0.15, -0.1) is 0 Å². The van der Waals surface area contributed by atoms with Crippen LogP contribution in [0.15, 0.2) is 65.6 Å². The Morgan fingerprint density at radius 1 is 1.07 bits per heavy atom. The summed E-state index contributed by atoms with van der Waals surface area (Å²) >= 11 is 6.27. The lowest BCUT2D eigenvalue weighted by atomic mass is 9.75. The Bertz CT molecular complexity index is 1590. The van der Waals surface area contributed by atoms with E-state index in [0.29, 0.717) is 11.6 Å². The highest BCUT2D eigenvalue weighted by atomic mass is 35.5. The first-order chi connectivity index (χ1) is 19.3. The number of fused-ring (bicyclic) bond motifs is 1. The van der Waals surface area contributed by atoms with Crippen LogP contribution in [0.3, 0.4) is 0 Å². The predicted octanol–water partition coefficient (Wildman–Crippen LogP) is 6.39. The Labute approximate surface area is 238 Å². The van der Waals surface area contributed by atoms with Crippen molar-refractivity contribution in [3.05, 3.63) is 77.1 Å². The van der Waals surface area contributed by atoms with Crippen LogP contribution >= 0.6 is 11.6 Å². The van der Waals surface area contributed by atoms with Gasteiger partial charge in [0.25, 0.3) is 10.0 Å². The number of halogens is 5. The topological polar surface area (TPSA) is 93.1 Å². The van der Waals surface area contributed by atoms with Gasteiger partial charge in [0.15, 0.2) is 0 Å². The standard InChI is InChI=1S/C28H24ClF4NO6S/c29-23-6-5-19(30)14-22(23)17-4-7-25-24(12-17)34(41(37,38)21-3-1-2-18(13-21)28(31,32)33)16-20(40-25)15-27(26(35)36)8-10-39-11-9-27/h1-7,12-14,20H,8-11,15-16H2,(H,35,36)/t20-/m0/s1. The molecular weight excluding hydrogens is 590 g/mol. The summed E-state index contributed by atoms with van der Waals surface area (Å²) in [5, 5.41) is 10.2. The number of sulfonamides is 1. The van der Waals surface area contributed by atoms with E-state index in [1.807, 2.05) is 0 Å². The minimum atomic E-state index is -4.78. The van der Waals surface area contributed by atoms with Gasteiger partial charge in [-0.3, -0.25) is 9.10 Å². The van der Waals surface area contributed by atoms with Crippen molar-refractivity contribution in [2.24, 2.45) is 5.41 Å². The van der Waals surface area contributed by atoms with Crippen LogP contribution in [-0.2, 0) is 25.7 Å². The molecule has 218 valence electrons. The molecule has 0 amide bonds. The SMILES string of the molecule is O=C(O)C1(C[C@H]2CN(S(=O)(=O)c3cccc(C(F)(F)F)c3)c3cc(-c4cc(F)ccc4Cl)ccc3O2)CCOCC1. The summed E-state index contributed by atoms with van der Waals surface area (Å²) < 4.78 is 94.6. The van der Waals surface area contributed by atoms with Crippen molar-refractivity contribution < 1.29 is 45.4 Å². The van der Waals surface area contributed by atoms with E-state index in [1.54, 1.807) is 6.07 Å². The van der Waals surface area contributed by atoms with Gasteiger partial charge in [-0.2, -0.15) is 13.2 Å². The summed E-state index contributed by atoms with van der Waals surface area (Å²) in [6.45, 7) is 0.0427. The quantitative estimate of drug-likeness (QED) is 0.324. The van der Waals surface area contributed by atoms with E-state index >= 15 is 0 Å². The second-order valence-electron chi connectivity index (χ2n) is 10.0. The molecule has 13 heteroatoms. The van der Waals surface area contributed by atoms with E-state index in [4.69, 9.17) is 21.1 Å². The fourth-order valence-electron chi connectivity index (χ4n) is 5.20. The van der Waals surface area contributed by atoms with Crippen LogP contribution in [0.1, 0.15) is 24.8 Å². The van der Waals surface area contributed by atoms with Gasteiger partial charge in [0.05, 0.1) is 28.1 Å². The Morgan fingerprint density at radius 3 is 2.49 bits per heavy atom. The molecule has 7 nitrogen and oxygen atoms in total. The number of hydrogen-bond acceptors (Lipinski definition) is 5. The van der Waals surface area contributed by atoms with Gasteiger partial charge in [-0.1, -0.05) is 23.7 Å². The van der Waals surface area contributed by atoms with Crippen molar-refractivity contribution in [3.63, 3.8) is 0 Å². The molecule has 2 aliphatic heterocycles. The molecular formula is C28H24ClF4NO6S. The third kappa shape index (κ3) is 5.73. The molecule has 2 heterocycles. The third-order valence-electron chi connectivity index (χ3n) is 7.40. The van der Waals surface area contributed by atoms with Crippen molar-refractivity contribution in [3.8, 4) is 16.9 Å². The maximum absolute atomic E-state index is 14.0. The number of rotatable bonds is 6. The fraction of sp³-hybridized carbons (Fsp3) is 0.321. The van der Waals surface area contributed by atoms with Crippen LogP contribution in [0.2, 0.25) is 5.02 Å². The van der Waals surface area contributed by atoms with Gasteiger partial charge in [0, 0.05) is 30.2 Å². The second-order valence-corrected chi connectivity index (χ2v) is 12.3. The number of carboxylic acids is 1. The Balaban J connectivity index is 1.61. The molecule has 3 aromatic carbocycles. The lowest BCUT2D eigenvalue weighted by Crippen LogP contribution is -2.48. The van der Waals surface area contributed by atoms with Gasteiger partial charge in [0.1, 0.15) is 17.7 Å². The van der Waals surface area contributed by atoms with Crippen LogP contribution in [0, 0.1) is 11.2 Å². The van der Waals surface area contributed by atoms with Crippen molar-refractivity contribution in [1.82, 2.24) is 0 Å². The average Bonchev–Trinajstić information content (AvgIpc) is 2.93. The van der Waals surface area contributed by atoms with Gasteiger partial charge >= 0.3 is 12.1 Å². The van der Waals surface area contributed by atoms with Crippen LogP contribution in [0.4, 0.5) is 23.2 Å². The Morgan fingerprint density at radius 2 is 1.80 bits per heavy atom. The molecule has 41 heavy (non-hydrogen) atoms. The first-order valence-corrected chi connectivity index (χ1v) is 14.4. The molecule has 0 aromatic heterocycles. The highest BCUT2D eigenvalue weighted by Crippen LogP contribution is 2.45. The van der Waals surface area contributed by atoms with E-state index in [0.717, 1.165) is 28.6 Å². The first kappa shape index (κ1) is 29.2. The minimum absolute atomic E-state index is 0.00663. The van der Waals surface area contributed by atoms with Crippen molar-refractivity contribution >= 4 is 33.3 Å². The molecule has 3 aromatic rings. The van der Waals surface area contributed by atoms with Crippen LogP contribution < -0.4 is 9.04 Å². The van der Waals surface area contributed by atoms with Crippen LogP contribution in [0.5, 0.6) is 5.75 Å². The average molecular weight is 614 g/mol. The van der Waals surface area contributed by atoms with E-state index in [2.05, 4.69) is 0 Å². The normalized spacial score (nSPS) is 18.9. The van der Waals surface area contributed by atoms with Crippen molar-refractivity contribution in [1.29, 1.82) is 0 Å². The number of alkyl halides is 3. The van der Waals surface area contributed by atoms with Gasteiger partial charge < -0.3 is 14.6 Å². The molecule has 1 fully saturated rings. The molecule has 0 unspecified atom stereocenters. The zero-order chi connectivity index (χ0) is 29.6. The van der Waals surface area contributed by atoms with Crippen LogP contribution in [0.25, 0.3) is 11.1 Å². The summed E-state index contributed by atoms with van der Waals surface area (Å²) in [7, 11) is -4.62. The van der Waals surface area contributed by atoms with Crippen molar-refractivity contribution in [2.75, 3.05) is 24.1 Å². The number of nitrogens with zero attached hydrogens (tertiary/aromatic N) is 1. The molecule has 0 aliphatic carbocycles. The number of carbonyl (C=O) groups is 1. The number of hydrogen-bond donors (Lipinski definition) is 1. The number of ether oxygens (including phenoxy) is 2. The van der Waals surface area contributed by atoms with Gasteiger partial charge in [-0.05, 0) is 66.9 Å². The summed E-state index contributed by atoms with van der Waals surface area (Å²) in [5.41, 5.74) is -1.78. The summed E-state index contributed by atoms with van der Waals surface area (Å²) in [6.07, 6.45) is -5.41. The monoisotopic (exact) mass is 613 g/mol. The number of aliphatic carboxylic acids is 1. The maximum atomic E-state index is 14.0. The Hall–Kier alpha value is -3.35. The van der Waals surface area contributed by atoms with Crippen LogP contribution in [-0.4, -0.2) is 45.4 Å². The predicted molar refractivity (Wildman–Crippen MR) is 142 cm³/mol. The largest absolute Gasteiger partial charge is 0.486 e. The highest BCUT2D eigenvalue weighted by molar-refractivity contribution is 7.92. The van der Waals surface area contributed by atoms with E-state index in [1.165, 1.54) is 24.3 Å². The van der Waals surface area contributed by atoms with Crippen molar-refractivity contribution in [2.45, 2.75) is 36.4 Å². The maximum Gasteiger partial charge on any atom is 0.416 e. The first-order valence-electron chi connectivity index (χ1n) is 12.6. The van der Waals surface area contributed by atoms with E-state index in [9.17, 15) is 35.9 Å². The molecule has 5 rings (SSSR count). The van der Waals surface area contributed by atoms with E-state index < -0.39 is 50.0 Å². The molecule has 0 spiro atoms. The zero-order valence-electron chi connectivity index (χ0n) is 21.3. The molecule has 1 N–H and O–H groups in total. The number of carboxylic acid groups (broad SMARTS) is 1. The number of benzene rings is 3. The molecule has 0 bridgehead atoms. The fourth-order valence-corrected chi connectivity index (χ4v) is 6.97. The highest BCUT2D eigenvalue weighted by Gasteiger charge is 2.45. The Kier molecular flexibility index (Phi) is 7.68. The molecule has 0 saturated carbocycles. The second kappa shape index (κ2) is 10.8. The van der Waals surface area contributed by atoms with Gasteiger partial charge in [-0.25, -0.2) is 12.8 Å². The molecule has 1 saturated heterocycles. The lowest BCUT2D eigenvalue weighted by Gasteiger charge is -2.40. The summed E-state index contributed by atoms with van der Waals surface area (Å²) in [5.74, 6) is -1.58. The molecule has 1 atom stereocenters. The molecule has 0 radical (unpaired) electrons.